The van der Waals surface area contributed by atoms with Gasteiger partial charge in [-0.05, 0) is 12.1 Å². The average Bonchev–Trinajstić information content (AvgIpc) is 2.70. The summed E-state index contributed by atoms with van der Waals surface area (Å²) >= 11 is 0.897. The second-order valence-electron chi connectivity index (χ2n) is 3.59. The van der Waals surface area contributed by atoms with Crippen LogP contribution in [0.3, 0.4) is 0 Å². The molecule has 7 heteroatoms. The fourth-order valence-electron chi connectivity index (χ4n) is 1.36. The van der Waals surface area contributed by atoms with Crippen molar-refractivity contribution in [2.45, 2.75) is 11.3 Å². The van der Waals surface area contributed by atoms with Crippen LogP contribution in [-0.4, -0.2) is 21.9 Å². The van der Waals surface area contributed by atoms with Gasteiger partial charge in [0, 0.05) is 5.75 Å². The molecule has 0 radical (unpaired) electrons. The molecule has 2 rings (SSSR count). The van der Waals surface area contributed by atoms with Crippen LogP contribution >= 0.6 is 11.8 Å². The SMILES string of the molecule is N#CC(CSc1nc2ccccc2[nH]1)C(F)(F)F. The first-order chi connectivity index (χ1) is 8.50. The lowest BCUT2D eigenvalue weighted by molar-refractivity contribution is -0.152. The number of nitrogens with one attached hydrogen (secondary N) is 1. The van der Waals surface area contributed by atoms with E-state index in [0.29, 0.717) is 10.7 Å². The molecule has 94 valence electrons. The second kappa shape index (κ2) is 4.90. The Morgan fingerprint density at radius 3 is 2.72 bits per heavy atom. The molecule has 3 nitrogen and oxygen atoms in total. The van der Waals surface area contributed by atoms with Crippen LogP contribution in [0.15, 0.2) is 29.4 Å². The normalized spacial score (nSPS) is 13.4. The first-order valence-corrected chi connectivity index (χ1v) is 6.03. The Kier molecular flexibility index (Phi) is 3.48. The highest BCUT2D eigenvalue weighted by atomic mass is 32.2. The lowest BCUT2D eigenvalue weighted by Crippen LogP contribution is -2.23. The van der Waals surface area contributed by atoms with Gasteiger partial charge in [0.1, 0.15) is 0 Å². The molecule has 1 N–H and O–H groups in total. The van der Waals surface area contributed by atoms with Crippen LogP contribution in [0.5, 0.6) is 0 Å². The number of thioether (sulfide) groups is 1. The van der Waals surface area contributed by atoms with Crippen molar-refractivity contribution in [3.63, 3.8) is 0 Å². The molecule has 0 saturated carbocycles. The Balaban J connectivity index is 2.08. The molecule has 1 aromatic heterocycles. The quantitative estimate of drug-likeness (QED) is 0.871. The lowest BCUT2D eigenvalue weighted by Gasteiger charge is -2.11. The van der Waals surface area contributed by atoms with Gasteiger partial charge in [-0.3, -0.25) is 0 Å². The van der Waals surface area contributed by atoms with E-state index in [4.69, 9.17) is 5.26 Å². The standard InChI is InChI=1S/C11H8F3N3S/c12-11(13,14)7(5-15)6-18-10-16-8-3-1-2-4-9(8)17-10/h1-4,7H,6H2,(H,16,17). The monoisotopic (exact) mass is 271 g/mol. The molecule has 1 atom stereocenters. The van der Waals surface area contributed by atoms with Crippen molar-refractivity contribution >= 4 is 22.8 Å². The van der Waals surface area contributed by atoms with Crippen molar-refractivity contribution < 1.29 is 13.2 Å². The molecule has 0 fully saturated rings. The van der Waals surface area contributed by atoms with Gasteiger partial charge in [-0.25, -0.2) is 4.98 Å². The van der Waals surface area contributed by atoms with Gasteiger partial charge in [-0.1, -0.05) is 23.9 Å². The number of benzene rings is 1. The van der Waals surface area contributed by atoms with E-state index < -0.39 is 12.1 Å². The Labute approximate surface area is 105 Å². The third-order valence-electron chi connectivity index (χ3n) is 2.31. The number of rotatable bonds is 3. The van der Waals surface area contributed by atoms with Crippen molar-refractivity contribution in [3.05, 3.63) is 24.3 Å². The van der Waals surface area contributed by atoms with Gasteiger partial charge in [0.15, 0.2) is 11.1 Å². The van der Waals surface area contributed by atoms with Crippen LogP contribution in [0.2, 0.25) is 0 Å². The topological polar surface area (TPSA) is 52.5 Å². The summed E-state index contributed by atoms with van der Waals surface area (Å²) in [6.07, 6.45) is -4.49. The summed E-state index contributed by atoms with van der Waals surface area (Å²) in [7, 11) is 0. The molecular weight excluding hydrogens is 263 g/mol. The van der Waals surface area contributed by atoms with E-state index >= 15 is 0 Å². The Morgan fingerprint density at radius 1 is 1.39 bits per heavy atom. The number of fused-ring (bicyclic) bond motifs is 1. The van der Waals surface area contributed by atoms with Crippen LogP contribution in [-0.2, 0) is 0 Å². The summed E-state index contributed by atoms with van der Waals surface area (Å²) in [5.41, 5.74) is 1.46. The molecular formula is C11H8F3N3S. The predicted octanol–water partition coefficient (Wildman–Crippen LogP) is 3.36. The van der Waals surface area contributed by atoms with Crippen LogP contribution in [0.25, 0.3) is 11.0 Å². The molecule has 0 aliphatic carbocycles. The predicted molar refractivity (Wildman–Crippen MR) is 62.0 cm³/mol. The fourth-order valence-corrected chi connectivity index (χ4v) is 2.30. The molecule has 18 heavy (non-hydrogen) atoms. The van der Waals surface area contributed by atoms with Crippen molar-refractivity contribution in [1.82, 2.24) is 9.97 Å². The van der Waals surface area contributed by atoms with Crippen molar-refractivity contribution in [1.29, 1.82) is 5.26 Å². The largest absolute Gasteiger partial charge is 0.405 e. The van der Waals surface area contributed by atoms with Crippen LogP contribution in [0, 0.1) is 17.2 Å². The number of nitrogens with zero attached hydrogens (tertiary/aromatic N) is 2. The Morgan fingerprint density at radius 2 is 2.11 bits per heavy atom. The molecule has 1 heterocycles. The molecule has 0 spiro atoms. The number of halogens is 3. The summed E-state index contributed by atoms with van der Waals surface area (Å²) < 4.78 is 37.1. The van der Waals surface area contributed by atoms with E-state index in [1.54, 1.807) is 18.2 Å². The number of alkyl halides is 3. The number of aromatic nitrogens is 2. The van der Waals surface area contributed by atoms with Crippen LogP contribution in [0.1, 0.15) is 0 Å². The zero-order valence-electron chi connectivity index (χ0n) is 9.03. The zero-order chi connectivity index (χ0) is 13.2. The Hall–Kier alpha value is -1.68. The summed E-state index contributed by atoms with van der Waals surface area (Å²) in [5, 5.41) is 8.86. The maximum absolute atomic E-state index is 12.4. The van der Waals surface area contributed by atoms with Gasteiger partial charge in [-0.2, -0.15) is 18.4 Å². The number of nitriles is 1. The number of aromatic amines is 1. The van der Waals surface area contributed by atoms with Crippen molar-refractivity contribution in [3.8, 4) is 6.07 Å². The van der Waals surface area contributed by atoms with Gasteiger partial charge in [0.05, 0.1) is 17.1 Å². The summed E-state index contributed by atoms with van der Waals surface area (Å²) in [6, 6.07) is 8.42. The molecule has 0 aliphatic rings. The number of hydrogen-bond acceptors (Lipinski definition) is 3. The number of H-pyrrole nitrogens is 1. The van der Waals surface area contributed by atoms with Gasteiger partial charge in [-0.15, -0.1) is 0 Å². The minimum atomic E-state index is -4.49. The summed E-state index contributed by atoms with van der Waals surface area (Å²) in [6.45, 7) is 0. The average molecular weight is 271 g/mol. The summed E-state index contributed by atoms with van der Waals surface area (Å²) in [4.78, 5) is 7.03. The van der Waals surface area contributed by atoms with E-state index in [0.717, 1.165) is 17.3 Å². The number of hydrogen-bond donors (Lipinski definition) is 1. The maximum Gasteiger partial charge on any atom is 0.405 e. The van der Waals surface area contributed by atoms with Crippen molar-refractivity contribution in [2.24, 2.45) is 5.92 Å². The third-order valence-corrected chi connectivity index (χ3v) is 3.27. The minimum Gasteiger partial charge on any atom is -0.333 e. The van der Waals surface area contributed by atoms with Crippen LogP contribution < -0.4 is 0 Å². The molecule has 0 bridgehead atoms. The minimum absolute atomic E-state index is 0.361. The second-order valence-corrected chi connectivity index (χ2v) is 4.60. The van der Waals surface area contributed by atoms with E-state index in [2.05, 4.69) is 9.97 Å². The highest BCUT2D eigenvalue weighted by molar-refractivity contribution is 7.99. The van der Waals surface area contributed by atoms with Gasteiger partial charge < -0.3 is 4.98 Å². The van der Waals surface area contributed by atoms with Gasteiger partial charge in [0.25, 0.3) is 0 Å². The first-order valence-electron chi connectivity index (χ1n) is 5.04. The molecule has 0 amide bonds. The highest BCUT2D eigenvalue weighted by Crippen LogP contribution is 2.30. The van der Waals surface area contributed by atoms with E-state index in [9.17, 15) is 13.2 Å². The zero-order valence-corrected chi connectivity index (χ0v) is 9.85. The fraction of sp³-hybridized carbons (Fsp3) is 0.273. The first kappa shape index (κ1) is 12.8. The molecule has 0 aliphatic heterocycles. The maximum atomic E-state index is 12.4. The van der Waals surface area contributed by atoms with E-state index in [-0.39, 0.29) is 5.75 Å². The molecule has 2 aromatic rings. The Bertz CT molecular complexity index is 552. The number of para-hydroxylation sites is 2. The molecule has 1 aromatic carbocycles. The van der Waals surface area contributed by atoms with Gasteiger partial charge >= 0.3 is 6.18 Å². The third kappa shape index (κ3) is 2.76. The van der Waals surface area contributed by atoms with Gasteiger partial charge in [0.2, 0.25) is 0 Å². The van der Waals surface area contributed by atoms with Crippen molar-refractivity contribution in [2.75, 3.05) is 5.75 Å². The van der Waals surface area contributed by atoms with Crippen LogP contribution in [0.4, 0.5) is 13.2 Å². The lowest BCUT2D eigenvalue weighted by atomic mass is 10.2. The molecule has 0 saturated heterocycles. The van der Waals surface area contributed by atoms with E-state index in [1.807, 2.05) is 6.07 Å². The number of imidazole rings is 1. The van der Waals surface area contributed by atoms with E-state index in [1.165, 1.54) is 6.07 Å². The highest BCUT2D eigenvalue weighted by Gasteiger charge is 2.39. The summed E-state index contributed by atoms with van der Waals surface area (Å²) in [5.74, 6) is -2.34. The molecule has 1 unspecified atom stereocenters. The smallest absolute Gasteiger partial charge is 0.333 e.